The van der Waals surface area contributed by atoms with Crippen LogP contribution in [-0.4, -0.2) is 48.1 Å². The van der Waals surface area contributed by atoms with Crippen molar-refractivity contribution in [2.75, 3.05) is 6.61 Å². The molecule has 1 aromatic carbocycles. The maximum atomic E-state index is 9.50. The number of hydrogen-bond acceptors (Lipinski definition) is 6. The SMILES string of the molecule is CC1(C)O[C@H]2O[C@H]([C@@H](CO)N=[N+]=[N-])[C@H](OCc3ccccc3)[C@H]2O1. The third-order valence-corrected chi connectivity index (χ3v) is 4.08. The first-order valence-electron chi connectivity index (χ1n) is 7.86. The first kappa shape index (κ1) is 17.2. The summed E-state index contributed by atoms with van der Waals surface area (Å²) in [4.78, 5) is 2.77. The van der Waals surface area contributed by atoms with Gasteiger partial charge in [-0.1, -0.05) is 35.4 Å². The number of nitrogens with zero attached hydrogens (tertiary/aromatic N) is 3. The quantitative estimate of drug-likeness (QED) is 0.487. The highest BCUT2D eigenvalue weighted by Gasteiger charge is 2.56. The Morgan fingerprint density at radius 1 is 1.33 bits per heavy atom. The normalized spacial score (nSPS) is 32.1. The maximum Gasteiger partial charge on any atom is 0.190 e. The molecule has 0 spiro atoms. The third kappa shape index (κ3) is 3.54. The first-order chi connectivity index (χ1) is 11.5. The molecular weight excluding hydrogens is 314 g/mol. The van der Waals surface area contributed by atoms with E-state index in [0.29, 0.717) is 6.61 Å². The highest BCUT2D eigenvalue weighted by molar-refractivity contribution is 5.13. The Hall–Kier alpha value is -1.67. The minimum atomic E-state index is -0.776. The van der Waals surface area contributed by atoms with Crippen LogP contribution < -0.4 is 0 Å². The van der Waals surface area contributed by atoms with Gasteiger partial charge in [0.05, 0.1) is 19.3 Å². The molecule has 0 saturated carbocycles. The second-order valence-electron chi connectivity index (χ2n) is 6.29. The van der Waals surface area contributed by atoms with E-state index < -0.39 is 36.4 Å². The molecule has 8 heteroatoms. The molecular formula is C16H21N3O5. The summed E-state index contributed by atoms with van der Waals surface area (Å²) in [5, 5.41) is 13.1. The largest absolute Gasteiger partial charge is 0.396 e. The fourth-order valence-electron chi connectivity index (χ4n) is 3.04. The van der Waals surface area contributed by atoms with Crippen molar-refractivity contribution >= 4 is 0 Å². The lowest BCUT2D eigenvalue weighted by Gasteiger charge is -2.28. The fraction of sp³-hybridized carbons (Fsp3) is 0.625. The van der Waals surface area contributed by atoms with E-state index in [2.05, 4.69) is 10.0 Å². The molecule has 0 aliphatic carbocycles. The van der Waals surface area contributed by atoms with Crippen molar-refractivity contribution in [2.24, 2.45) is 5.11 Å². The highest BCUT2D eigenvalue weighted by atomic mass is 16.8. The van der Waals surface area contributed by atoms with Crippen LogP contribution in [0.5, 0.6) is 0 Å². The van der Waals surface area contributed by atoms with Crippen LogP contribution in [0, 0.1) is 0 Å². The minimum Gasteiger partial charge on any atom is -0.396 e. The molecule has 0 aromatic heterocycles. The molecule has 0 unspecified atom stereocenters. The maximum absolute atomic E-state index is 9.50. The van der Waals surface area contributed by atoms with Crippen LogP contribution >= 0.6 is 0 Å². The van der Waals surface area contributed by atoms with Gasteiger partial charge >= 0.3 is 0 Å². The van der Waals surface area contributed by atoms with Crippen LogP contribution in [0.25, 0.3) is 10.4 Å². The van der Waals surface area contributed by atoms with Crippen molar-refractivity contribution in [3.8, 4) is 0 Å². The fourth-order valence-corrected chi connectivity index (χ4v) is 3.04. The first-order valence-corrected chi connectivity index (χ1v) is 7.86. The average molecular weight is 335 g/mol. The minimum absolute atomic E-state index is 0.344. The zero-order chi connectivity index (χ0) is 17.2. The molecule has 24 heavy (non-hydrogen) atoms. The van der Waals surface area contributed by atoms with E-state index in [9.17, 15) is 5.11 Å². The van der Waals surface area contributed by atoms with Gasteiger partial charge in [-0.25, -0.2) is 0 Å². The number of azide groups is 1. The average Bonchev–Trinajstić information content (AvgIpc) is 3.03. The highest BCUT2D eigenvalue weighted by Crippen LogP contribution is 2.40. The van der Waals surface area contributed by atoms with Gasteiger partial charge in [0.1, 0.15) is 18.3 Å². The van der Waals surface area contributed by atoms with Crippen LogP contribution in [0.1, 0.15) is 19.4 Å². The predicted molar refractivity (Wildman–Crippen MR) is 83.7 cm³/mol. The summed E-state index contributed by atoms with van der Waals surface area (Å²) in [6.07, 6.45) is -2.22. The summed E-state index contributed by atoms with van der Waals surface area (Å²) >= 11 is 0. The Balaban J connectivity index is 1.77. The van der Waals surface area contributed by atoms with Gasteiger partial charge in [0.15, 0.2) is 12.1 Å². The van der Waals surface area contributed by atoms with Crippen molar-refractivity contribution in [2.45, 2.75) is 56.9 Å². The van der Waals surface area contributed by atoms with Crippen LogP contribution in [0.15, 0.2) is 35.4 Å². The van der Waals surface area contributed by atoms with Gasteiger partial charge in [0.2, 0.25) is 0 Å². The molecule has 8 nitrogen and oxygen atoms in total. The molecule has 1 N–H and O–H groups in total. The van der Waals surface area contributed by atoms with Gasteiger partial charge in [-0.05, 0) is 24.9 Å². The molecule has 2 fully saturated rings. The molecule has 0 radical (unpaired) electrons. The van der Waals surface area contributed by atoms with E-state index in [1.807, 2.05) is 30.3 Å². The van der Waals surface area contributed by atoms with Crippen LogP contribution in [0.3, 0.4) is 0 Å². The summed E-state index contributed by atoms with van der Waals surface area (Å²) in [6.45, 7) is 3.61. The number of benzene rings is 1. The Morgan fingerprint density at radius 2 is 2.08 bits per heavy atom. The summed E-state index contributed by atoms with van der Waals surface area (Å²) < 4.78 is 23.4. The number of aliphatic hydroxyl groups excluding tert-OH is 1. The summed E-state index contributed by atoms with van der Waals surface area (Å²) in [6, 6.07) is 8.93. The molecule has 1 aromatic rings. The number of fused-ring (bicyclic) bond motifs is 1. The smallest absolute Gasteiger partial charge is 0.190 e. The van der Waals surface area contributed by atoms with E-state index in [0.717, 1.165) is 5.56 Å². The Kier molecular flexibility index (Phi) is 5.05. The summed E-state index contributed by atoms with van der Waals surface area (Å²) in [5.74, 6) is -0.776. The summed E-state index contributed by atoms with van der Waals surface area (Å²) in [5.41, 5.74) is 9.70. The molecule has 0 bridgehead atoms. The zero-order valence-electron chi connectivity index (χ0n) is 13.6. The molecule has 2 saturated heterocycles. The van der Waals surface area contributed by atoms with Crippen molar-refractivity contribution in [1.29, 1.82) is 0 Å². The van der Waals surface area contributed by atoms with E-state index in [-0.39, 0.29) is 6.61 Å². The molecule has 2 aliphatic heterocycles. The Bertz CT molecular complexity index is 605. The second kappa shape index (κ2) is 7.06. The van der Waals surface area contributed by atoms with Crippen LogP contribution in [0.2, 0.25) is 0 Å². The topological polar surface area (TPSA) is 106 Å². The van der Waals surface area contributed by atoms with Gasteiger partial charge in [0, 0.05) is 4.91 Å². The molecule has 2 aliphatic rings. The predicted octanol–water partition coefficient (Wildman–Crippen LogP) is 2.12. The van der Waals surface area contributed by atoms with Gasteiger partial charge in [-0.3, -0.25) is 0 Å². The number of ether oxygens (including phenoxy) is 4. The number of aliphatic hydroxyl groups is 1. The van der Waals surface area contributed by atoms with E-state index >= 15 is 0 Å². The Labute approximate surface area is 139 Å². The number of hydrogen-bond donors (Lipinski definition) is 1. The standard InChI is InChI=1S/C16H21N3O5/c1-16(2)23-14-13(21-9-10-6-4-3-5-7-10)12(22-15(14)24-16)11(8-20)18-19-17/h3-7,11-15,20H,8-9H2,1-2H3/t11-,12-,13+,14-,15-/m1/s1. The number of rotatable bonds is 6. The lowest BCUT2D eigenvalue weighted by Crippen LogP contribution is -2.43. The molecule has 5 atom stereocenters. The van der Waals surface area contributed by atoms with Crippen molar-refractivity contribution in [1.82, 2.24) is 0 Å². The van der Waals surface area contributed by atoms with Crippen molar-refractivity contribution in [3.05, 3.63) is 46.3 Å². The van der Waals surface area contributed by atoms with Gasteiger partial charge in [0.25, 0.3) is 0 Å². The van der Waals surface area contributed by atoms with E-state index in [1.165, 1.54) is 0 Å². The molecule has 3 rings (SSSR count). The van der Waals surface area contributed by atoms with Gasteiger partial charge < -0.3 is 24.1 Å². The van der Waals surface area contributed by atoms with Gasteiger partial charge in [-0.2, -0.15) is 0 Å². The Morgan fingerprint density at radius 3 is 2.75 bits per heavy atom. The monoisotopic (exact) mass is 335 g/mol. The second-order valence-corrected chi connectivity index (χ2v) is 6.29. The summed E-state index contributed by atoms with van der Waals surface area (Å²) in [7, 11) is 0. The van der Waals surface area contributed by atoms with Crippen molar-refractivity contribution in [3.63, 3.8) is 0 Å². The molecule has 2 heterocycles. The molecule has 130 valence electrons. The molecule has 0 amide bonds. The van der Waals surface area contributed by atoms with E-state index in [1.54, 1.807) is 13.8 Å². The third-order valence-electron chi connectivity index (χ3n) is 4.08. The lowest BCUT2D eigenvalue weighted by atomic mass is 10.0. The van der Waals surface area contributed by atoms with Crippen LogP contribution in [0.4, 0.5) is 0 Å². The van der Waals surface area contributed by atoms with Gasteiger partial charge in [-0.15, -0.1) is 0 Å². The van der Waals surface area contributed by atoms with Crippen molar-refractivity contribution < 1.29 is 24.1 Å². The zero-order valence-corrected chi connectivity index (χ0v) is 13.6. The van der Waals surface area contributed by atoms with E-state index in [4.69, 9.17) is 24.5 Å². The lowest BCUT2D eigenvalue weighted by molar-refractivity contribution is -0.222. The van der Waals surface area contributed by atoms with Crippen LogP contribution in [-0.2, 0) is 25.6 Å².